The fourth-order valence-electron chi connectivity index (χ4n) is 2.02. The van der Waals surface area contributed by atoms with Crippen LogP contribution in [0.3, 0.4) is 0 Å². The third-order valence-corrected chi connectivity index (χ3v) is 5.18. The summed E-state index contributed by atoms with van der Waals surface area (Å²) >= 11 is 0. The van der Waals surface area contributed by atoms with E-state index in [0.717, 1.165) is 20.9 Å². The van der Waals surface area contributed by atoms with Crippen LogP contribution in [0.15, 0.2) is 31.9 Å². The fraction of sp³-hybridized carbons (Fsp3) is 0. The second kappa shape index (κ2) is 2.55. The zero-order valence-electron chi connectivity index (χ0n) is 7.43. The van der Waals surface area contributed by atoms with Gasteiger partial charge < -0.3 is 0 Å². The molecule has 5 heteroatoms. The van der Waals surface area contributed by atoms with Crippen LogP contribution in [0, 0.1) is 0 Å². The summed E-state index contributed by atoms with van der Waals surface area (Å²) in [6.07, 6.45) is 4.92. The average molecular weight is 216 g/mol. The molecule has 0 N–H and O–H groups in total. The summed E-state index contributed by atoms with van der Waals surface area (Å²) < 4.78 is 7.41. The zero-order valence-corrected chi connectivity index (χ0v) is 8.25. The van der Waals surface area contributed by atoms with Crippen LogP contribution in [0.4, 0.5) is 0 Å². The lowest BCUT2D eigenvalue weighted by Gasteiger charge is -2.37. The van der Waals surface area contributed by atoms with Gasteiger partial charge in [0.05, 0.1) is 4.90 Å². The van der Waals surface area contributed by atoms with Crippen LogP contribution in [0.1, 0.15) is 11.1 Å². The van der Waals surface area contributed by atoms with Gasteiger partial charge in [-0.25, -0.2) is 9.59 Å². The molecule has 3 aliphatic rings. The first-order chi connectivity index (χ1) is 7.33. The molecule has 0 saturated carbocycles. The molecule has 2 heterocycles. The highest BCUT2D eigenvalue weighted by molar-refractivity contribution is 8.41. The van der Waals surface area contributed by atoms with E-state index in [2.05, 4.69) is 8.80 Å². The molecule has 0 spiro atoms. The molecule has 0 atom stereocenters. The molecule has 4 nitrogen and oxygen atoms in total. The minimum atomic E-state index is -2.08. The predicted molar refractivity (Wildman–Crippen MR) is 56.4 cm³/mol. The number of carbonyl (C=O) groups excluding carboxylic acids is 2. The monoisotopic (exact) mass is 216 g/mol. The third-order valence-electron chi connectivity index (χ3n) is 2.53. The summed E-state index contributed by atoms with van der Waals surface area (Å²) in [7, 11) is -2.08. The molecule has 1 aromatic carbocycles. The van der Waals surface area contributed by atoms with E-state index in [1.807, 2.05) is 24.3 Å². The fourth-order valence-corrected chi connectivity index (χ4v) is 4.43. The molecule has 0 saturated heterocycles. The summed E-state index contributed by atoms with van der Waals surface area (Å²) in [6, 6.07) is 5.78. The topological polar surface area (TPSA) is 58.9 Å². The van der Waals surface area contributed by atoms with E-state index >= 15 is 0 Å². The summed E-state index contributed by atoms with van der Waals surface area (Å²) in [5, 5.41) is 0. The van der Waals surface area contributed by atoms with Crippen LogP contribution in [-0.4, -0.2) is 12.2 Å². The van der Waals surface area contributed by atoms with Gasteiger partial charge in [-0.15, -0.1) is 8.80 Å². The zero-order chi connectivity index (χ0) is 10.5. The Morgan fingerprint density at radius 2 is 1.87 bits per heavy atom. The molecule has 4 bridgehead atoms. The van der Waals surface area contributed by atoms with E-state index in [-0.39, 0.29) is 0 Å². The smallest absolute Gasteiger partial charge is 0.210 e. The van der Waals surface area contributed by atoms with Crippen LogP contribution < -0.4 is 0 Å². The Kier molecular flexibility index (Phi) is 1.43. The summed E-state index contributed by atoms with van der Waals surface area (Å²) in [6.45, 7) is 0. The van der Waals surface area contributed by atoms with Crippen molar-refractivity contribution in [1.82, 2.24) is 0 Å². The van der Waals surface area contributed by atoms with E-state index in [1.54, 1.807) is 0 Å². The highest BCUT2D eigenvalue weighted by Crippen LogP contribution is 2.82. The Balaban J connectivity index is 2.35. The van der Waals surface area contributed by atoms with Crippen molar-refractivity contribution in [3.05, 3.63) is 29.3 Å². The molecule has 2 aliphatic heterocycles. The molecule has 4 rings (SSSR count). The first kappa shape index (κ1) is 8.38. The maximum absolute atomic E-state index is 10.4. The Morgan fingerprint density at radius 1 is 1.13 bits per heavy atom. The van der Waals surface area contributed by atoms with Crippen molar-refractivity contribution in [3.8, 4) is 0 Å². The normalized spacial score (nSPS) is 27.6. The Morgan fingerprint density at radius 3 is 2.47 bits per heavy atom. The predicted octanol–water partition coefficient (Wildman–Crippen LogP) is 2.18. The van der Waals surface area contributed by atoms with E-state index in [4.69, 9.17) is 0 Å². The maximum atomic E-state index is 10.4. The molecule has 0 unspecified atom stereocenters. The van der Waals surface area contributed by atoms with Crippen molar-refractivity contribution in [1.29, 1.82) is 0 Å². The minimum absolute atomic E-state index is 0.865. The molecule has 0 aromatic heterocycles. The van der Waals surface area contributed by atoms with Crippen molar-refractivity contribution in [2.24, 2.45) is 8.80 Å². The molecular formula is C10H4N2O2S. The lowest BCUT2D eigenvalue weighted by molar-refractivity contribution is 0.566. The number of rotatable bonds is 2. The van der Waals surface area contributed by atoms with Crippen molar-refractivity contribution < 1.29 is 9.59 Å². The number of isocyanates is 2. The second-order valence-electron chi connectivity index (χ2n) is 3.15. The number of benzene rings is 1. The average Bonchev–Trinajstić information content (AvgIpc) is 2.67. The molecule has 0 amide bonds. The second-order valence-corrected chi connectivity index (χ2v) is 5.46. The SMILES string of the molecule is O=C=NS1(N=C=O)C2=Cc3cccc2c31. The summed E-state index contributed by atoms with van der Waals surface area (Å²) in [5.41, 5.74) is 2.04. The minimum Gasteiger partial charge on any atom is -0.210 e. The van der Waals surface area contributed by atoms with Gasteiger partial charge in [-0.1, -0.05) is 18.2 Å². The van der Waals surface area contributed by atoms with E-state index in [1.165, 1.54) is 12.2 Å². The lowest BCUT2D eigenvalue weighted by Crippen LogP contribution is -2.07. The lowest BCUT2D eigenvalue weighted by atomic mass is 10.2. The van der Waals surface area contributed by atoms with Crippen molar-refractivity contribution in [3.63, 3.8) is 0 Å². The third kappa shape index (κ3) is 0.762. The van der Waals surface area contributed by atoms with E-state index in [0.29, 0.717) is 0 Å². The quantitative estimate of drug-likeness (QED) is 0.562. The molecule has 15 heavy (non-hydrogen) atoms. The molecule has 1 aromatic rings. The first-order valence-electron chi connectivity index (χ1n) is 4.20. The van der Waals surface area contributed by atoms with Gasteiger partial charge in [0.1, 0.15) is 0 Å². The van der Waals surface area contributed by atoms with Gasteiger partial charge in [0.2, 0.25) is 12.2 Å². The van der Waals surface area contributed by atoms with Gasteiger partial charge in [-0.2, -0.15) is 0 Å². The number of hydrogen-bond donors (Lipinski definition) is 0. The molecule has 72 valence electrons. The van der Waals surface area contributed by atoms with Gasteiger partial charge in [0, 0.05) is 20.9 Å². The maximum Gasteiger partial charge on any atom is 0.248 e. The highest BCUT2D eigenvalue weighted by Gasteiger charge is 2.50. The Labute approximate surface area is 86.6 Å². The Hall–Kier alpha value is -1.93. The van der Waals surface area contributed by atoms with Gasteiger partial charge in [-0.3, -0.25) is 0 Å². The number of nitrogens with zero attached hydrogens (tertiary/aromatic N) is 2. The highest BCUT2D eigenvalue weighted by atomic mass is 32.3. The summed E-state index contributed by atoms with van der Waals surface area (Å²) in [5.74, 6) is 0. The van der Waals surface area contributed by atoms with Gasteiger partial charge in [0.25, 0.3) is 0 Å². The van der Waals surface area contributed by atoms with Crippen molar-refractivity contribution >= 4 is 33.5 Å². The van der Waals surface area contributed by atoms with Crippen LogP contribution in [0.25, 0.3) is 11.0 Å². The van der Waals surface area contributed by atoms with Gasteiger partial charge >= 0.3 is 0 Å². The summed E-state index contributed by atoms with van der Waals surface area (Å²) in [4.78, 5) is 22.5. The van der Waals surface area contributed by atoms with Crippen LogP contribution in [0.2, 0.25) is 0 Å². The molecule has 1 aliphatic carbocycles. The van der Waals surface area contributed by atoms with E-state index < -0.39 is 10.4 Å². The van der Waals surface area contributed by atoms with Crippen molar-refractivity contribution in [2.45, 2.75) is 4.90 Å². The molecular weight excluding hydrogens is 212 g/mol. The number of hydrogen-bond acceptors (Lipinski definition) is 4. The van der Waals surface area contributed by atoms with Crippen LogP contribution in [0.5, 0.6) is 0 Å². The van der Waals surface area contributed by atoms with E-state index in [9.17, 15) is 9.59 Å². The van der Waals surface area contributed by atoms with Crippen LogP contribution >= 0.6 is 10.4 Å². The van der Waals surface area contributed by atoms with Gasteiger partial charge in [0.15, 0.2) is 0 Å². The molecule has 0 radical (unpaired) electrons. The van der Waals surface area contributed by atoms with Gasteiger partial charge in [-0.05, 0) is 11.6 Å². The first-order valence-corrected chi connectivity index (χ1v) is 5.75. The van der Waals surface area contributed by atoms with Crippen LogP contribution in [-0.2, 0) is 9.59 Å². The standard InChI is InChI=1S/C10H4N2O2S/c13-5-11-15(12-6-14)9-4-7-2-1-3-8(9)10(7)15/h1-4H. The molecule has 0 fully saturated rings. The van der Waals surface area contributed by atoms with Crippen molar-refractivity contribution in [2.75, 3.05) is 0 Å². The Bertz CT molecular complexity index is 576. The largest absolute Gasteiger partial charge is 0.248 e.